The summed E-state index contributed by atoms with van der Waals surface area (Å²) in [5.74, 6) is 1.41. The highest BCUT2D eigenvalue weighted by Crippen LogP contribution is 2.25. The first-order valence-corrected chi connectivity index (χ1v) is 7.49. The Morgan fingerprint density at radius 3 is 2.86 bits per heavy atom. The predicted molar refractivity (Wildman–Crippen MR) is 83.1 cm³/mol. The van der Waals surface area contributed by atoms with Gasteiger partial charge in [-0.15, -0.1) is 0 Å². The molecule has 0 saturated heterocycles. The van der Waals surface area contributed by atoms with E-state index < -0.39 is 0 Å². The van der Waals surface area contributed by atoms with Crippen LogP contribution >= 0.6 is 0 Å². The fraction of sp³-hybridized carbons (Fsp3) is 0.375. The third-order valence-electron chi connectivity index (χ3n) is 4.37. The number of nitrogens with one attached hydrogen (secondary N) is 1. The van der Waals surface area contributed by atoms with Gasteiger partial charge in [-0.1, -0.05) is 24.3 Å². The van der Waals surface area contributed by atoms with Gasteiger partial charge in [-0.25, -0.2) is 4.98 Å². The van der Waals surface area contributed by atoms with Gasteiger partial charge in [0, 0.05) is 38.2 Å². The van der Waals surface area contributed by atoms with E-state index in [1.807, 2.05) is 0 Å². The van der Waals surface area contributed by atoms with Crippen LogP contribution in [-0.4, -0.2) is 23.1 Å². The summed E-state index contributed by atoms with van der Waals surface area (Å²) in [6.45, 7) is 3.57. The maximum atomic E-state index is 6.13. The molecule has 0 spiro atoms. The van der Waals surface area contributed by atoms with Crippen molar-refractivity contribution < 1.29 is 0 Å². The molecule has 0 atom stereocenters. The molecule has 4 rings (SSSR count). The molecule has 1 aromatic heterocycles. The minimum atomic E-state index is 0.626. The number of hydrogen-bond acceptors (Lipinski definition) is 5. The maximum Gasteiger partial charge on any atom is 0.227 e. The number of nitrogens with two attached hydrogens (primary N) is 1. The van der Waals surface area contributed by atoms with E-state index in [0.29, 0.717) is 5.82 Å². The summed E-state index contributed by atoms with van der Waals surface area (Å²) in [6, 6.07) is 8.60. The zero-order valence-corrected chi connectivity index (χ0v) is 12.0. The minimum absolute atomic E-state index is 0.626. The van der Waals surface area contributed by atoms with Gasteiger partial charge in [0.15, 0.2) is 0 Å². The van der Waals surface area contributed by atoms with E-state index in [2.05, 4.69) is 39.5 Å². The van der Waals surface area contributed by atoms with Crippen molar-refractivity contribution in [3.8, 4) is 0 Å². The highest BCUT2D eigenvalue weighted by Gasteiger charge is 2.21. The molecule has 5 heteroatoms. The number of nitrogens with zero attached hydrogens (tertiary/aromatic N) is 3. The summed E-state index contributed by atoms with van der Waals surface area (Å²) < 4.78 is 0. The van der Waals surface area contributed by atoms with Crippen LogP contribution < -0.4 is 16.0 Å². The molecule has 108 valence electrons. The van der Waals surface area contributed by atoms with Gasteiger partial charge in [0.2, 0.25) is 5.95 Å². The summed E-state index contributed by atoms with van der Waals surface area (Å²) in [4.78, 5) is 11.5. The average molecular weight is 281 g/mol. The van der Waals surface area contributed by atoms with Crippen LogP contribution in [0.2, 0.25) is 0 Å². The third-order valence-corrected chi connectivity index (χ3v) is 4.37. The largest absolute Gasteiger partial charge is 0.383 e. The number of fused-ring (bicyclic) bond motifs is 2. The van der Waals surface area contributed by atoms with Gasteiger partial charge in [-0.3, -0.25) is 0 Å². The SMILES string of the molecule is Nc1nc(N2CCc3ccccc3C2)nc2c1CNCC2. The number of rotatable bonds is 1. The van der Waals surface area contributed by atoms with Crippen molar-refractivity contribution in [1.29, 1.82) is 0 Å². The van der Waals surface area contributed by atoms with Crippen molar-refractivity contribution in [1.82, 2.24) is 15.3 Å². The Hall–Kier alpha value is -2.14. The molecule has 2 aliphatic rings. The van der Waals surface area contributed by atoms with Crippen molar-refractivity contribution in [2.75, 3.05) is 23.7 Å². The lowest BCUT2D eigenvalue weighted by atomic mass is 10.0. The first-order valence-electron chi connectivity index (χ1n) is 7.49. The van der Waals surface area contributed by atoms with Gasteiger partial charge in [0.1, 0.15) is 5.82 Å². The molecule has 0 fully saturated rings. The first kappa shape index (κ1) is 12.6. The van der Waals surface area contributed by atoms with E-state index >= 15 is 0 Å². The molecule has 1 aromatic carbocycles. The summed E-state index contributed by atoms with van der Waals surface area (Å²) >= 11 is 0. The van der Waals surface area contributed by atoms with Gasteiger partial charge in [-0.05, 0) is 17.5 Å². The Morgan fingerprint density at radius 1 is 1.10 bits per heavy atom. The molecule has 0 unspecified atom stereocenters. The second-order valence-corrected chi connectivity index (χ2v) is 5.70. The number of benzene rings is 1. The number of hydrogen-bond donors (Lipinski definition) is 2. The Balaban J connectivity index is 1.67. The van der Waals surface area contributed by atoms with E-state index in [1.165, 1.54) is 11.1 Å². The van der Waals surface area contributed by atoms with Crippen molar-refractivity contribution in [3.05, 3.63) is 46.6 Å². The van der Waals surface area contributed by atoms with E-state index in [4.69, 9.17) is 10.7 Å². The lowest BCUT2D eigenvalue weighted by Gasteiger charge is -2.30. The molecule has 0 aliphatic carbocycles. The smallest absolute Gasteiger partial charge is 0.227 e. The molecule has 0 radical (unpaired) electrons. The summed E-state index contributed by atoms with van der Waals surface area (Å²) in [7, 11) is 0. The average Bonchev–Trinajstić information content (AvgIpc) is 2.54. The Labute approximate surface area is 124 Å². The van der Waals surface area contributed by atoms with E-state index in [0.717, 1.165) is 56.2 Å². The van der Waals surface area contributed by atoms with Crippen LogP contribution in [0.4, 0.5) is 11.8 Å². The third kappa shape index (κ3) is 2.23. The fourth-order valence-corrected chi connectivity index (χ4v) is 3.16. The van der Waals surface area contributed by atoms with Gasteiger partial charge in [0.25, 0.3) is 0 Å². The van der Waals surface area contributed by atoms with Crippen LogP contribution in [0.5, 0.6) is 0 Å². The molecule has 3 heterocycles. The quantitative estimate of drug-likeness (QED) is 0.824. The van der Waals surface area contributed by atoms with Crippen molar-refractivity contribution in [2.24, 2.45) is 0 Å². The van der Waals surface area contributed by atoms with Crippen molar-refractivity contribution in [3.63, 3.8) is 0 Å². The normalized spacial score (nSPS) is 17.2. The van der Waals surface area contributed by atoms with E-state index in [1.54, 1.807) is 0 Å². The lowest BCUT2D eigenvalue weighted by Crippen LogP contribution is -2.33. The molecule has 0 saturated carbocycles. The Kier molecular flexibility index (Phi) is 3.00. The zero-order chi connectivity index (χ0) is 14.2. The molecular formula is C16H19N5. The monoisotopic (exact) mass is 281 g/mol. The highest BCUT2D eigenvalue weighted by molar-refractivity contribution is 5.50. The fourth-order valence-electron chi connectivity index (χ4n) is 3.16. The topological polar surface area (TPSA) is 67.1 Å². The maximum absolute atomic E-state index is 6.13. The van der Waals surface area contributed by atoms with Gasteiger partial charge < -0.3 is 16.0 Å². The molecule has 0 bridgehead atoms. The van der Waals surface area contributed by atoms with Crippen LogP contribution in [0.15, 0.2) is 24.3 Å². The molecular weight excluding hydrogens is 262 g/mol. The molecule has 3 N–H and O–H groups in total. The van der Waals surface area contributed by atoms with Crippen molar-refractivity contribution >= 4 is 11.8 Å². The molecule has 5 nitrogen and oxygen atoms in total. The van der Waals surface area contributed by atoms with Gasteiger partial charge in [-0.2, -0.15) is 4.98 Å². The van der Waals surface area contributed by atoms with Crippen LogP contribution in [-0.2, 0) is 25.9 Å². The Morgan fingerprint density at radius 2 is 1.95 bits per heavy atom. The van der Waals surface area contributed by atoms with E-state index in [-0.39, 0.29) is 0 Å². The molecule has 0 amide bonds. The number of anilines is 2. The van der Waals surface area contributed by atoms with Crippen LogP contribution in [0.25, 0.3) is 0 Å². The minimum Gasteiger partial charge on any atom is -0.383 e. The second-order valence-electron chi connectivity index (χ2n) is 5.70. The van der Waals surface area contributed by atoms with Gasteiger partial charge >= 0.3 is 0 Å². The first-order chi connectivity index (χ1) is 10.3. The zero-order valence-electron chi connectivity index (χ0n) is 12.0. The number of nitrogen functional groups attached to an aromatic ring is 1. The molecule has 2 aromatic rings. The second kappa shape index (κ2) is 5.00. The van der Waals surface area contributed by atoms with Crippen LogP contribution in [0.3, 0.4) is 0 Å². The predicted octanol–water partition coefficient (Wildman–Crippen LogP) is 1.27. The molecule has 2 aliphatic heterocycles. The van der Waals surface area contributed by atoms with Crippen LogP contribution in [0.1, 0.15) is 22.4 Å². The number of aromatic nitrogens is 2. The van der Waals surface area contributed by atoms with E-state index in [9.17, 15) is 0 Å². The lowest BCUT2D eigenvalue weighted by molar-refractivity contribution is 0.621. The standard InChI is InChI=1S/C16H19N5/c17-15-13-9-18-7-5-14(13)19-16(20-15)21-8-6-11-3-1-2-4-12(11)10-21/h1-4,18H,5-10H2,(H2,17,19,20). The summed E-state index contributed by atoms with van der Waals surface area (Å²) in [6.07, 6.45) is 1.97. The highest BCUT2D eigenvalue weighted by atomic mass is 15.3. The summed E-state index contributed by atoms with van der Waals surface area (Å²) in [5.41, 5.74) is 11.1. The van der Waals surface area contributed by atoms with Crippen molar-refractivity contribution in [2.45, 2.75) is 25.9 Å². The molecule has 21 heavy (non-hydrogen) atoms. The van der Waals surface area contributed by atoms with Crippen LogP contribution in [0, 0.1) is 0 Å². The Bertz CT molecular complexity index is 682. The van der Waals surface area contributed by atoms with Gasteiger partial charge in [0.05, 0.1) is 5.69 Å². The summed E-state index contributed by atoms with van der Waals surface area (Å²) in [5, 5.41) is 3.32.